The lowest BCUT2D eigenvalue weighted by Gasteiger charge is -2.09. The van der Waals surface area contributed by atoms with Gasteiger partial charge in [-0.25, -0.2) is 4.98 Å². The van der Waals surface area contributed by atoms with Gasteiger partial charge in [-0.2, -0.15) is 0 Å². The van der Waals surface area contributed by atoms with Crippen molar-refractivity contribution in [3.8, 4) is 0 Å². The van der Waals surface area contributed by atoms with Crippen molar-refractivity contribution in [3.63, 3.8) is 0 Å². The fourth-order valence-electron chi connectivity index (χ4n) is 0.963. The molecule has 0 fully saturated rings. The monoisotopic (exact) mass is 151 g/mol. The van der Waals surface area contributed by atoms with E-state index in [0.29, 0.717) is 5.82 Å². The molecular weight excluding hydrogens is 138 g/mol. The van der Waals surface area contributed by atoms with Crippen LogP contribution in [0, 0.1) is 0 Å². The fourth-order valence-corrected chi connectivity index (χ4v) is 0.963. The minimum atomic E-state index is 0.0173. The van der Waals surface area contributed by atoms with Crippen molar-refractivity contribution in [2.75, 3.05) is 5.73 Å². The quantitative estimate of drug-likeness (QED) is 0.664. The summed E-state index contributed by atoms with van der Waals surface area (Å²) in [6, 6.07) is 3.78. The standard InChI is InChI=1S/C8H13N3/c1-2-7(9)6-4-3-5-11-8(6)10/h3-5,7H,2,9H2,1H3,(H2,10,11). The summed E-state index contributed by atoms with van der Waals surface area (Å²) in [5, 5.41) is 0. The lowest BCUT2D eigenvalue weighted by Crippen LogP contribution is -2.11. The molecule has 1 aromatic rings. The molecule has 0 aromatic carbocycles. The van der Waals surface area contributed by atoms with Crippen LogP contribution in [-0.4, -0.2) is 4.98 Å². The zero-order valence-corrected chi connectivity index (χ0v) is 6.62. The summed E-state index contributed by atoms with van der Waals surface area (Å²) in [4.78, 5) is 3.95. The van der Waals surface area contributed by atoms with Crippen LogP contribution in [0.25, 0.3) is 0 Å². The lowest BCUT2D eigenvalue weighted by molar-refractivity contribution is 0.698. The fraction of sp³-hybridized carbons (Fsp3) is 0.375. The highest BCUT2D eigenvalue weighted by Crippen LogP contribution is 2.17. The highest BCUT2D eigenvalue weighted by atomic mass is 14.8. The molecule has 0 aliphatic heterocycles. The van der Waals surface area contributed by atoms with Gasteiger partial charge in [0.25, 0.3) is 0 Å². The van der Waals surface area contributed by atoms with E-state index < -0.39 is 0 Å². The molecule has 60 valence electrons. The van der Waals surface area contributed by atoms with Crippen molar-refractivity contribution < 1.29 is 0 Å². The lowest BCUT2D eigenvalue weighted by atomic mass is 10.1. The predicted octanol–water partition coefficient (Wildman–Crippen LogP) is 1.07. The average molecular weight is 151 g/mol. The molecule has 0 aliphatic rings. The Morgan fingerprint density at radius 3 is 2.91 bits per heavy atom. The number of anilines is 1. The summed E-state index contributed by atoms with van der Waals surface area (Å²) in [6.07, 6.45) is 2.55. The highest BCUT2D eigenvalue weighted by Gasteiger charge is 2.05. The van der Waals surface area contributed by atoms with Crippen LogP contribution in [0.3, 0.4) is 0 Å². The van der Waals surface area contributed by atoms with Gasteiger partial charge < -0.3 is 11.5 Å². The molecule has 3 heteroatoms. The normalized spacial score (nSPS) is 12.9. The second-order valence-electron chi connectivity index (χ2n) is 2.49. The molecule has 11 heavy (non-hydrogen) atoms. The minimum absolute atomic E-state index is 0.0173. The molecule has 1 atom stereocenters. The number of nitrogens with zero attached hydrogens (tertiary/aromatic N) is 1. The molecule has 0 saturated heterocycles. The Morgan fingerprint density at radius 1 is 1.64 bits per heavy atom. The number of nitrogens with two attached hydrogens (primary N) is 2. The SMILES string of the molecule is CCC(N)c1cccnc1N. The number of rotatable bonds is 2. The summed E-state index contributed by atoms with van der Waals surface area (Å²) in [6.45, 7) is 2.02. The maximum atomic E-state index is 5.78. The molecule has 1 heterocycles. The van der Waals surface area contributed by atoms with Gasteiger partial charge >= 0.3 is 0 Å². The van der Waals surface area contributed by atoms with Gasteiger partial charge in [0.15, 0.2) is 0 Å². The van der Waals surface area contributed by atoms with E-state index in [-0.39, 0.29) is 6.04 Å². The van der Waals surface area contributed by atoms with Crippen LogP contribution in [0.15, 0.2) is 18.3 Å². The van der Waals surface area contributed by atoms with Crippen molar-refractivity contribution in [2.45, 2.75) is 19.4 Å². The van der Waals surface area contributed by atoms with Crippen LogP contribution in [-0.2, 0) is 0 Å². The predicted molar refractivity (Wildman–Crippen MR) is 45.9 cm³/mol. The summed E-state index contributed by atoms with van der Waals surface area (Å²) < 4.78 is 0. The Bertz CT molecular complexity index is 235. The number of hydrogen-bond donors (Lipinski definition) is 2. The van der Waals surface area contributed by atoms with Crippen molar-refractivity contribution in [1.29, 1.82) is 0 Å². The largest absolute Gasteiger partial charge is 0.383 e. The van der Waals surface area contributed by atoms with E-state index >= 15 is 0 Å². The first-order chi connectivity index (χ1) is 5.25. The molecule has 0 saturated carbocycles. The van der Waals surface area contributed by atoms with Crippen molar-refractivity contribution in [1.82, 2.24) is 4.98 Å². The third-order valence-corrected chi connectivity index (χ3v) is 1.71. The van der Waals surface area contributed by atoms with Crippen LogP contribution in [0.1, 0.15) is 24.9 Å². The van der Waals surface area contributed by atoms with Gasteiger partial charge in [0.1, 0.15) is 5.82 Å². The Hall–Kier alpha value is -1.09. The second-order valence-corrected chi connectivity index (χ2v) is 2.49. The van der Waals surface area contributed by atoms with E-state index in [0.717, 1.165) is 12.0 Å². The molecule has 0 amide bonds. The number of aromatic nitrogens is 1. The summed E-state index contributed by atoms with van der Waals surface area (Å²) >= 11 is 0. The maximum absolute atomic E-state index is 5.78. The van der Waals surface area contributed by atoms with Crippen LogP contribution >= 0.6 is 0 Å². The molecule has 4 N–H and O–H groups in total. The molecule has 1 rings (SSSR count). The second kappa shape index (κ2) is 3.34. The molecule has 0 bridgehead atoms. The Balaban J connectivity index is 2.93. The van der Waals surface area contributed by atoms with E-state index in [1.54, 1.807) is 6.20 Å². The molecule has 0 radical (unpaired) electrons. The third kappa shape index (κ3) is 1.68. The molecule has 0 aliphatic carbocycles. The van der Waals surface area contributed by atoms with Crippen LogP contribution in [0.5, 0.6) is 0 Å². The first-order valence-corrected chi connectivity index (χ1v) is 3.71. The number of hydrogen-bond acceptors (Lipinski definition) is 3. The van der Waals surface area contributed by atoms with Gasteiger partial charge in [0.05, 0.1) is 0 Å². The topological polar surface area (TPSA) is 64.9 Å². The van der Waals surface area contributed by atoms with E-state index in [4.69, 9.17) is 11.5 Å². The minimum Gasteiger partial charge on any atom is -0.383 e. The van der Waals surface area contributed by atoms with E-state index in [1.807, 2.05) is 19.1 Å². The molecule has 1 aromatic heterocycles. The van der Waals surface area contributed by atoms with E-state index in [2.05, 4.69) is 4.98 Å². The van der Waals surface area contributed by atoms with Gasteiger partial charge in [0.2, 0.25) is 0 Å². The molecule has 1 unspecified atom stereocenters. The summed E-state index contributed by atoms with van der Waals surface area (Å²) in [5.74, 6) is 0.543. The average Bonchev–Trinajstić information content (AvgIpc) is 2.04. The summed E-state index contributed by atoms with van der Waals surface area (Å²) in [5.41, 5.74) is 12.3. The zero-order valence-electron chi connectivity index (χ0n) is 6.62. The van der Waals surface area contributed by atoms with Gasteiger partial charge in [-0.3, -0.25) is 0 Å². The van der Waals surface area contributed by atoms with Gasteiger partial charge in [-0.05, 0) is 12.5 Å². The van der Waals surface area contributed by atoms with Crippen molar-refractivity contribution >= 4 is 5.82 Å². The molecular formula is C8H13N3. The Labute approximate surface area is 66.4 Å². The van der Waals surface area contributed by atoms with Crippen LogP contribution in [0.4, 0.5) is 5.82 Å². The van der Waals surface area contributed by atoms with Gasteiger partial charge in [-0.15, -0.1) is 0 Å². The number of pyridine rings is 1. The highest BCUT2D eigenvalue weighted by molar-refractivity contribution is 5.40. The third-order valence-electron chi connectivity index (χ3n) is 1.71. The Morgan fingerprint density at radius 2 is 2.36 bits per heavy atom. The maximum Gasteiger partial charge on any atom is 0.128 e. The first-order valence-electron chi connectivity index (χ1n) is 3.71. The van der Waals surface area contributed by atoms with Gasteiger partial charge in [0, 0.05) is 17.8 Å². The van der Waals surface area contributed by atoms with Gasteiger partial charge in [-0.1, -0.05) is 13.0 Å². The Kier molecular flexibility index (Phi) is 2.44. The van der Waals surface area contributed by atoms with E-state index in [9.17, 15) is 0 Å². The zero-order chi connectivity index (χ0) is 8.27. The smallest absolute Gasteiger partial charge is 0.128 e. The number of nitrogen functional groups attached to an aromatic ring is 1. The van der Waals surface area contributed by atoms with Crippen LogP contribution < -0.4 is 11.5 Å². The first kappa shape index (κ1) is 8.01. The molecule has 0 spiro atoms. The van der Waals surface area contributed by atoms with E-state index in [1.165, 1.54) is 0 Å². The van der Waals surface area contributed by atoms with Crippen molar-refractivity contribution in [3.05, 3.63) is 23.9 Å². The summed E-state index contributed by atoms with van der Waals surface area (Å²) in [7, 11) is 0. The molecule has 3 nitrogen and oxygen atoms in total. The van der Waals surface area contributed by atoms with Crippen molar-refractivity contribution in [2.24, 2.45) is 5.73 Å². The van der Waals surface area contributed by atoms with Crippen LogP contribution in [0.2, 0.25) is 0 Å².